The van der Waals surface area contributed by atoms with Crippen molar-refractivity contribution in [1.29, 1.82) is 0 Å². The molecule has 1 aromatic carbocycles. The normalized spacial score (nSPS) is 29.5. The van der Waals surface area contributed by atoms with E-state index in [2.05, 4.69) is 45.6 Å². The Kier molecular flexibility index (Phi) is 5.48. The molecule has 3 aliphatic heterocycles. The Hall–Kier alpha value is -1.83. The van der Waals surface area contributed by atoms with E-state index in [0.29, 0.717) is 18.6 Å². The van der Waals surface area contributed by atoms with Crippen molar-refractivity contribution in [2.75, 3.05) is 38.2 Å². The second kappa shape index (κ2) is 7.78. The summed E-state index contributed by atoms with van der Waals surface area (Å²) in [5.41, 5.74) is 3.54. The van der Waals surface area contributed by atoms with Gasteiger partial charge in [-0.05, 0) is 51.0 Å². The molecule has 0 bridgehead atoms. The molecule has 0 unspecified atom stereocenters. The molecule has 0 aromatic heterocycles. The van der Waals surface area contributed by atoms with Gasteiger partial charge in [0.05, 0.1) is 12.1 Å². The third kappa shape index (κ3) is 4.22. The van der Waals surface area contributed by atoms with E-state index in [1.54, 1.807) is 7.11 Å². The Morgan fingerprint density at radius 2 is 2.03 bits per heavy atom. The predicted molar refractivity (Wildman–Crippen MR) is 113 cm³/mol. The summed E-state index contributed by atoms with van der Waals surface area (Å²) in [5.74, 6) is 0. The summed E-state index contributed by atoms with van der Waals surface area (Å²) >= 11 is 0. The van der Waals surface area contributed by atoms with Crippen LogP contribution in [0.4, 0.5) is 10.5 Å². The lowest BCUT2D eigenvalue weighted by Crippen LogP contribution is -2.48. The fourth-order valence-electron chi connectivity index (χ4n) is 4.79. The van der Waals surface area contributed by atoms with Gasteiger partial charge in [-0.1, -0.05) is 6.07 Å². The van der Waals surface area contributed by atoms with E-state index < -0.39 is 11.7 Å². The van der Waals surface area contributed by atoms with E-state index in [1.165, 1.54) is 16.8 Å². The summed E-state index contributed by atoms with van der Waals surface area (Å²) in [6, 6.07) is 7.75. The maximum Gasteiger partial charge on any atom is 0.408 e. The molecule has 7 heteroatoms. The number of amides is 1. The Morgan fingerprint density at radius 1 is 1.24 bits per heavy atom. The number of hydrogen-bond donors (Lipinski definition) is 2. The van der Waals surface area contributed by atoms with Gasteiger partial charge in [0.25, 0.3) is 0 Å². The molecule has 2 saturated heterocycles. The number of anilines is 1. The zero-order chi connectivity index (χ0) is 20.8. The minimum Gasteiger partial charge on any atom is -0.444 e. The SMILES string of the molecule is CO[C@@H]1CN(c2ccc3c(c2)CN2[C@H](C)CNC[C@H]32)C[C@H]1NC(=O)OC(C)(C)C. The molecule has 160 valence electrons. The molecular formula is C22H34N4O3. The number of nitrogens with zero attached hydrogens (tertiary/aromatic N) is 2. The first-order valence-corrected chi connectivity index (χ1v) is 10.6. The maximum absolute atomic E-state index is 12.2. The van der Waals surface area contributed by atoms with Crippen molar-refractivity contribution in [2.24, 2.45) is 0 Å². The molecule has 4 atom stereocenters. The fourth-order valence-corrected chi connectivity index (χ4v) is 4.79. The van der Waals surface area contributed by atoms with Crippen molar-refractivity contribution < 1.29 is 14.3 Å². The summed E-state index contributed by atoms with van der Waals surface area (Å²) in [4.78, 5) is 17.1. The summed E-state index contributed by atoms with van der Waals surface area (Å²) in [7, 11) is 1.70. The molecule has 4 rings (SSSR count). The van der Waals surface area contributed by atoms with Crippen molar-refractivity contribution in [3.05, 3.63) is 29.3 Å². The summed E-state index contributed by atoms with van der Waals surface area (Å²) in [5, 5.41) is 6.54. The lowest BCUT2D eigenvalue weighted by atomic mass is 10.0. The number of alkyl carbamates (subject to hydrolysis) is 1. The number of piperazine rings is 1. The predicted octanol–water partition coefficient (Wildman–Crippen LogP) is 2.26. The monoisotopic (exact) mass is 402 g/mol. The van der Waals surface area contributed by atoms with Crippen LogP contribution in [0.3, 0.4) is 0 Å². The van der Waals surface area contributed by atoms with E-state index in [9.17, 15) is 4.79 Å². The molecule has 0 spiro atoms. The molecule has 3 heterocycles. The number of fused-ring (bicyclic) bond motifs is 3. The molecule has 0 radical (unpaired) electrons. The number of hydrogen-bond acceptors (Lipinski definition) is 6. The average molecular weight is 403 g/mol. The quantitative estimate of drug-likeness (QED) is 0.809. The van der Waals surface area contributed by atoms with Gasteiger partial charge in [0.15, 0.2) is 0 Å². The van der Waals surface area contributed by atoms with Gasteiger partial charge in [-0.3, -0.25) is 4.90 Å². The largest absolute Gasteiger partial charge is 0.444 e. The van der Waals surface area contributed by atoms with Crippen LogP contribution in [0.25, 0.3) is 0 Å². The van der Waals surface area contributed by atoms with E-state index in [1.807, 2.05) is 20.8 Å². The molecule has 2 fully saturated rings. The molecule has 3 aliphatic rings. The Balaban J connectivity index is 1.46. The van der Waals surface area contributed by atoms with Crippen molar-refractivity contribution in [3.8, 4) is 0 Å². The van der Waals surface area contributed by atoms with E-state index >= 15 is 0 Å². The topological polar surface area (TPSA) is 66.1 Å². The molecule has 0 saturated carbocycles. The lowest BCUT2D eigenvalue weighted by molar-refractivity contribution is 0.0417. The van der Waals surface area contributed by atoms with Gasteiger partial charge in [0.1, 0.15) is 5.60 Å². The highest BCUT2D eigenvalue weighted by Crippen LogP contribution is 2.38. The third-order valence-electron chi connectivity index (χ3n) is 6.22. The highest BCUT2D eigenvalue weighted by atomic mass is 16.6. The Bertz CT molecular complexity index is 763. The van der Waals surface area contributed by atoms with Crippen LogP contribution in [0.2, 0.25) is 0 Å². The molecule has 7 nitrogen and oxygen atoms in total. The Labute approximate surface area is 173 Å². The zero-order valence-corrected chi connectivity index (χ0v) is 18.2. The molecule has 29 heavy (non-hydrogen) atoms. The number of benzene rings is 1. The minimum absolute atomic E-state index is 0.0636. The van der Waals surface area contributed by atoms with Crippen LogP contribution in [0.15, 0.2) is 18.2 Å². The van der Waals surface area contributed by atoms with E-state index in [-0.39, 0.29) is 12.1 Å². The van der Waals surface area contributed by atoms with Gasteiger partial charge in [-0.2, -0.15) is 0 Å². The van der Waals surface area contributed by atoms with Crippen LogP contribution in [-0.2, 0) is 16.0 Å². The smallest absolute Gasteiger partial charge is 0.408 e. The summed E-state index contributed by atoms with van der Waals surface area (Å²) in [6.07, 6.45) is -0.454. The van der Waals surface area contributed by atoms with Crippen molar-refractivity contribution >= 4 is 11.8 Å². The van der Waals surface area contributed by atoms with Crippen molar-refractivity contribution in [1.82, 2.24) is 15.5 Å². The van der Waals surface area contributed by atoms with Crippen LogP contribution >= 0.6 is 0 Å². The summed E-state index contributed by atoms with van der Waals surface area (Å²) < 4.78 is 11.1. The molecular weight excluding hydrogens is 368 g/mol. The molecule has 1 aromatic rings. The number of carbonyl (C=O) groups is 1. The summed E-state index contributed by atoms with van der Waals surface area (Å²) in [6.45, 7) is 12.5. The van der Waals surface area contributed by atoms with Crippen molar-refractivity contribution in [2.45, 2.75) is 64.1 Å². The van der Waals surface area contributed by atoms with Gasteiger partial charge in [0.2, 0.25) is 0 Å². The number of methoxy groups -OCH3 is 1. The van der Waals surface area contributed by atoms with E-state index in [4.69, 9.17) is 9.47 Å². The highest BCUT2D eigenvalue weighted by Gasteiger charge is 2.38. The van der Waals surface area contributed by atoms with Gasteiger partial charge in [-0.15, -0.1) is 0 Å². The van der Waals surface area contributed by atoms with Gasteiger partial charge >= 0.3 is 6.09 Å². The number of nitrogens with one attached hydrogen (secondary N) is 2. The van der Waals surface area contributed by atoms with Gasteiger partial charge in [0, 0.05) is 57.6 Å². The van der Waals surface area contributed by atoms with Crippen LogP contribution in [0, 0.1) is 0 Å². The number of carbonyl (C=O) groups excluding carboxylic acids is 1. The van der Waals surface area contributed by atoms with Crippen LogP contribution in [-0.4, -0.2) is 68.1 Å². The number of ether oxygens (including phenoxy) is 2. The first-order chi connectivity index (χ1) is 13.7. The minimum atomic E-state index is -0.511. The van der Waals surface area contributed by atoms with Crippen LogP contribution < -0.4 is 15.5 Å². The highest BCUT2D eigenvalue weighted by molar-refractivity contribution is 5.68. The first-order valence-electron chi connectivity index (χ1n) is 10.6. The standard InChI is InChI=1S/C22H34N4O3/c1-14-9-23-10-19-17-7-6-16(8-15(17)11-26(14)19)25-12-18(20(13-25)28-5)24-21(27)29-22(2,3)4/h6-8,14,18-20,23H,9-13H2,1-5H3,(H,24,27)/t14-,18-,19-,20-/m1/s1. The van der Waals surface area contributed by atoms with Gasteiger partial charge in [-0.25, -0.2) is 4.79 Å². The van der Waals surface area contributed by atoms with E-state index in [0.717, 1.165) is 26.2 Å². The second-order valence-corrected chi connectivity index (χ2v) is 9.51. The van der Waals surface area contributed by atoms with Crippen LogP contribution in [0.5, 0.6) is 0 Å². The third-order valence-corrected chi connectivity index (χ3v) is 6.22. The molecule has 1 amide bonds. The zero-order valence-electron chi connectivity index (χ0n) is 18.2. The second-order valence-electron chi connectivity index (χ2n) is 9.51. The average Bonchev–Trinajstić information content (AvgIpc) is 3.21. The Morgan fingerprint density at radius 3 is 2.76 bits per heavy atom. The fraction of sp³-hybridized carbons (Fsp3) is 0.682. The molecule has 0 aliphatic carbocycles. The first kappa shape index (κ1) is 20.4. The lowest BCUT2D eigenvalue weighted by Gasteiger charge is -2.36. The molecule has 2 N–H and O–H groups in total. The van der Waals surface area contributed by atoms with Crippen LogP contribution in [0.1, 0.15) is 44.9 Å². The maximum atomic E-state index is 12.2. The number of rotatable bonds is 3. The van der Waals surface area contributed by atoms with Gasteiger partial charge < -0.3 is 25.0 Å². The van der Waals surface area contributed by atoms with Crippen molar-refractivity contribution in [3.63, 3.8) is 0 Å².